The summed E-state index contributed by atoms with van der Waals surface area (Å²) >= 11 is 0. The van der Waals surface area contributed by atoms with Gasteiger partial charge in [-0.15, -0.1) is 0 Å². The Bertz CT molecular complexity index is 551. The lowest BCUT2D eigenvalue weighted by Gasteiger charge is -2.12. The van der Waals surface area contributed by atoms with Crippen molar-refractivity contribution >= 4 is 17.7 Å². The minimum absolute atomic E-state index is 0.0137. The summed E-state index contributed by atoms with van der Waals surface area (Å²) in [4.78, 5) is 22.2. The Morgan fingerprint density at radius 1 is 1.50 bits per heavy atom. The Morgan fingerprint density at radius 2 is 2.20 bits per heavy atom. The molecule has 1 unspecified atom stereocenters. The molecule has 0 saturated carbocycles. The monoisotopic (exact) mass is 277 g/mol. The van der Waals surface area contributed by atoms with Gasteiger partial charge in [-0.3, -0.25) is 4.79 Å². The third-order valence-electron chi connectivity index (χ3n) is 2.57. The minimum Gasteiger partial charge on any atom is -0.495 e. The fourth-order valence-electron chi connectivity index (χ4n) is 1.36. The van der Waals surface area contributed by atoms with Crippen LogP contribution in [0.4, 0.5) is 10.5 Å². The SMILES string of the molecule is COc1cc(C#N)ccc1NC(=O)NCC(C)C(=O)O. The quantitative estimate of drug-likeness (QED) is 0.753. The summed E-state index contributed by atoms with van der Waals surface area (Å²) < 4.78 is 5.06. The summed E-state index contributed by atoms with van der Waals surface area (Å²) in [5.74, 6) is -1.31. The predicted molar refractivity (Wildman–Crippen MR) is 71.5 cm³/mol. The molecule has 2 amide bonds. The highest BCUT2D eigenvalue weighted by Crippen LogP contribution is 2.25. The number of carbonyl (C=O) groups is 2. The lowest BCUT2D eigenvalue weighted by molar-refractivity contribution is -0.140. The van der Waals surface area contributed by atoms with Crippen LogP contribution < -0.4 is 15.4 Å². The summed E-state index contributed by atoms with van der Waals surface area (Å²) in [6.45, 7) is 1.50. The van der Waals surface area contributed by atoms with E-state index < -0.39 is 17.9 Å². The number of anilines is 1. The fraction of sp³-hybridized carbons (Fsp3) is 0.308. The van der Waals surface area contributed by atoms with Gasteiger partial charge in [-0.2, -0.15) is 5.26 Å². The van der Waals surface area contributed by atoms with Gasteiger partial charge in [-0.25, -0.2) is 4.79 Å². The lowest BCUT2D eigenvalue weighted by Crippen LogP contribution is -2.34. The molecule has 0 aliphatic heterocycles. The van der Waals surface area contributed by atoms with Crippen LogP contribution in [0.1, 0.15) is 12.5 Å². The van der Waals surface area contributed by atoms with Crippen molar-refractivity contribution in [3.63, 3.8) is 0 Å². The zero-order chi connectivity index (χ0) is 15.1. The van der Waals surface area contributed by atoms with E-state index in [1.54, 1.807) is 0 Å². The number of nitriles is 1. The summed E-state index contributed by atoms with van der Waals surface area (Å²) in [5.41, 5.74) is 0.805. The Hall–Kier alpha value is -2.75. The van der Waals surface area contributed by atoms with Crippen molar-refractivity contribution in [2.75, 3.05) is 19.0 Å². The molecular formula is C13H15N3O4. The molecule has 1 aromatic rings. The molecule has 0 fully saturated rings. The first-order chi connectivity index (χ1) is 9.47. The van der Waals surface area contributed by atoms with Gasteiger partial charge in [0, 0.05) is 12.6 Å². The van der Waals surface area contributed by atoms with E-state index in [4.69, 9.17) is 15.1 Å². The molecule has 1 atom stereocenters. The van der Waals surface area contributed by atoms with Crippen molar-refractivity contribution in [3.05, 3.63) is 23.8 Å². The van der Waals surface area contributed by atoms with Crippen molar-refractivity contribution in [1.82, 2.24) is 5.32 Å². The molecule has 0 spiro atoms. The van der Waals surface area contributed by atoms with E-state index in [1.807, 2.05) is 6.07 Å². The fourth-order valence-corrected chi connectivity index (χ4v) is 1.36. The number of methoxy groups -OCH3 is 1. The number of benzene rings is 1. The van der Waals surface area contributed by atoms with Crippen molar-refractivity contribution < 1.29 is 19.4 Å². The summed E-state index contributed by atoms with van der Waals surface area (Å²) in [7, 11) is 1.42. The molecule has 0 aliphatic rings. The van der Waals surface area contributed by atoms with E-state index in [2.05, 4.69) is 10.6 Å². The van der Waals surface area contributed by atoms with Gasteiger partial charge in [-0.1, -0.05) is 6.92 Å². The van der Waals surface area contributed by atoms with Crippen molar-refractivity contribution in [1.29, 1.82) is 5.26 Å². The standard InChI is InChI=1S/C13H15N3O4/c1-8(12(17)18)7-15-13(19)16-10-4-3-9(6-14)5-11(10)20-2/h3-5,8H,7H2,1-2H3,(H,17,18)(H2,15,16,19). The second kappa shape index (κ2) is 6.99. The Balaban J connectivity index is 2.67. The number of ether oxygens (including phenoxy) is 1. The van der Waals surface area contributed by atoms with Crippen molar-refractivity contribution in [2.24, 2.45) is 5.92 Å². The highest BCUT2D eigenvalue weighted by atomic mass is 16.5. The van der Waals surface area contributed by atoms with Crippen LogP contribution in [0.25, 0.3) is 0 Å². The molecular weight excluding hydrogens is 262 g/mol. The maximum Gasteiger partial charge on any atom is 0.319 e. The van der Waals surface area contributed by atoms with E-state index in [0.717, 1.165) is 0 Å². The van der Waals surface area contributed by atoms with E-state index in [-0.39, 0.29) is 6.54 Å². The number of rotatable bonds is 5. The molecule has 7 nitrogen and oxygen atoms in total. The molecule has 106 valence electrons. The van der Waals surface area contributed by atoms with Crippen LogP contribution in [0, 0.1) is 17.2 Å². The summed E-state index contributed by atoms with van der Waals surface area (Å²) in [6.07, 6.45) is 0. The molecule has 1 rings (SSSR count). The van der Waals surface area contributed by atoms with E-state index in [1.165, 1.54) is 32.2 Å². The van der Waals surface area contributed by atoms with E-state index in [0.29, 0.717) is 17.0 Å². The van der Waals surface area contributed by atoms with Crippen LogP contribution in [-0.2, 0) is 4.79 Å². The number of carbonyl (C=O) groups excluding carboxylic acids is 1. The zero-order valence-electron chi connectivity index (χ0n) is 11.1. The Labute approximate surface area is 116 Å². The van der Waals surface area contributed by atoms with Crippen LogP contribution in [0.2, 0.25) is 0 Å². The molecule has 0 saturated heterocycles. The molecule has 7 heteroatoms. The van der Waals surface area contributed by atoms with Crippen LogP contribution in [0.5, 0.6) is 5.75 Å². The van der Waals surface area contributed by atoms with E-state index >= 15 is 0 Å². The second-order valence-corrected chi connectivity index (χ2v) is 4.10. The number of carboxylic acids is 1. The first-order valence-electron chi connectivity index (χ1n) is 5.83. The first kappa shape index (κ1) is 15.3. The van der Waals surface area contributed by atoms with Gasteiger partial charge in [-0.05, 0) is 12.1 Å². The third-order valence-corrected chi connectivity index (χ3v) is 2.57. The Kier molecular flexibility index (Phi) is 5.35. The van der Waals surface area contributed by atoms with Gasteiger partial charge in [0.15, 0.2) is 0 Å². The van der Waals surface area contributed by atoms with Gasteiger partial charge in [0.05, 0.1) is 30.3 Å². The number of carboxylic acid groups (broad SMARTS) is 1. The number of nitrogens with zero attached hydrogens (tertiary/aromatic N) is 1. The van der Waals surface area contributed by atoms with Gasteiger partial charge in [0.2, 0.25) is 0 Å². The first-order valence-corrected chi connectivity index (χ1v) is 5.83. The summed E-state index contributed by atoms with van der Waals surface area (Å²) in [6, 6.07) is 6.00. The normalized spacial score (nSPS) is 11.1. The van der Waals surface area contributed by atoms with Gasteiger partial charge < -0.3 is 20.5 Å². The molecule has 1 aromatic carbocycles. The van der Waals surface area contributed by atoms with Crippen LogP contribution in [-0.4, -0.2) is 30.8 Å². The number of amides is 2. The third kappa shape index (κ3) is 4.17. The zero-order valence-corrected chi connectivity index (χ0v) is 11.1. The summed E-state index contributed by atoms with van der Waals surface area (Å²) in [5, 5.41) is 22.4. The molecule has 0 radical (unpaired) electrons. The highest BCUT2D eigenvalue weighted by molar-refractivity contribution is 5.91. The number of urea groups is 1. The maximum atomic E-state index is 11.6. The van der Waals surface area contributed by atoms with Crippen LogP contribution in [0.3, 0.4) is 0 Å². The van der Waals surface area contributed by atoms with Crippen molar-refractivity contribution in [2.45, 2.75) is 6.92 Å². The van der Waals surface area contributed by atoms with E-state index in [9.17, 15) is 9.59 Å². The van der Waals surface area contributed by atoms with Gasteiger partial charge >= 0.3 is 12.0 Å². The molecule has 0 heterocycles. The number of hydrogen-bond acceptors (Lipinski definition) is 4. The highest BCUT2D eigenvalue weighted by Gasteiger charge is 2.13. The topological polar surface area (TPSA) is 111 Å². The lowest BCUT2D eigenvalue weighted by atomic mass is 10.2. The van der Waals surface area contributed by atoms with Crippen LogP contribution >= 0.6 is 0 Å². The number of aliphatic carboxylic acids is 1. The molecule has 20 heavy (non-hydrogen) atoms. The number of nitrogens with one attached hydrogen (secondary N) is 2. The molecule has 0 aromatic heterocycles. The molecule has 0 aliphatic carbocycles. The smallest absolute Gasteiger partial charge is 0.319 e. The largest absolute Gasteiger partial charge is 0.495 e. The van der Waals surface area contributed by atoms with Crippen molar-refractivity contribution in [3.8, 4) is 11.8 Å². The van der Waals surface area contributed by atoms with Gasteiger partial charge in [0.1, 0.15) is 5.75 Å². The van der Waals surface area contributed by atoms with Gasteiger partial charge in [0.25, 0.3) is 0 Å². The Morgan fingerprint density at radius 3 is 2.75 bits per heavy atom. The average Bonchev–Trinajstić information content (AvgIpc) is 2.44. The predicted octanol–water partition coefficient (Wildman–Crippen LogP) is 1.41. The number of hydrogen-bond donors (Lipinski definition) is 3. The van der Waals surface area contributed by atoms with Crippen LogP contribution in [0.15, 0.2) is 18.2 Å². The molecule has 0 bridgehead atoms. The maximum absolute atomic E-state index is 11.6. The second-order valence-electron chi connectivity index (χ2n) is 4.10. The molecule has 3 N–H and O–H groups in total. The average molecular weight is 277 g/mol. The minimum atomic E-state index is -0.985.